The minimum absolute atomic E-state index is 0.0521. The van der Waals surface area contributed by atoms with Crippen LogP contribution in [0, 0.1) is 20.8 Å². The van der Waals surface area contributed by atoms with Crippen LogP contribution in [0.1, 0.15) is 22.3 Å². The molecule has 2 rings (SSSR count). The fourth-order valence-electron chi connectivity index (χ4n) is 2.62. The standard InChI is InChI=1S/C18H22N2O2/c1-12-10-13(2)17(14(3)11-12)20-18(22)19-16-7-5-4-6-15(16)8-9-21/h4-7,10-11,21H,8-9H2,1-3H3,(H2,19,20,22). The van der Waals surface area contributed by atoms with Crippen LogP contribution in [0.3, 0.4) is 0 Å². The summed E-state index contributed by atoms with van der Waals surface area (Å²) < 4.78 is 0. The van der Waals surface area contributed by atoms with E-state index in [9.17, 15) is 4.79 Å². The second-order valence-electron chi connectivity index (χ2n) is 5.48. The molecule has 2 amide bonds. The molecule has 22 heavy (non-hydrogen) atoms. The van der Waals surface area contributed by atoms with Crippen LogP contribution in [0.5, 0.6) is 0 Å². The molecule has 4 nitrogen and oxygen atoms in total. The number of nitrogens with one attached hydrogen (secondary N) is 2. The summed E-state index contributed by atoms with van der Waals surface area (Å²) in [5, 5.41) is 14.8. The Kier molecular flexibility index (Phi) is 5.17. The molecule has 2 aromatic carbocycles. The molecule has 0 fully saturated rings. The Bertz CT molecular complexity index is 658. The van der Waals surface area contributed by atoms with E-state index in [1.54, 1.807) is 0 Å². The third-order valence-electron chi connectivity index (χ3n) is 3.56. The molecule has 4 heteroatoms. The average Bonchev–Trinajstić information content (AvgIpc) is 2.45. The lowest BCUT2D eigenvalue weighted by molar-refractivity contribution is 0.262. The number of amides is 2. The predicted octanol–water partition coefficient (Wildman–Crippen LogP) is 3.79. The van der Waals surface area contributed by atoms with Crippen molar-refractivity contribution < 1.29 is 9.90 Å². The second-order valence-corrected chi connectivity index (χ2v) is 5.48. The first kappa shape index (κ1) is 16.0. The van der Waals surface area contributed by atoms with Crippen molar-refractivity contribution in [2.45, 2.75) is 27.2 Å². The van der Waals surface area contributed by atoms with Crippen LogP contribution in [0.25, 0.3) is 0 Å². The van der Waals surface area contributed by atoms with Crippen molar-refractivity contribution in [1.29, 1.82) is 0 Å². The number of hydrogen-bond donors (Lipinski definition) is 3. The molecule has 0 saturated carbocycles. The molecule has 0 aliphatic carbocycles. The molecule has 116 valence electrons. The molecule has 0 aliphatic rings. The van der Waals surface area contributed by atoms with Crippen molar-refractivity contribution in [2.24, 2.45) is 0 Å². The van der Waals surface area contributed by atoms with E-state index in [0.717, 1.165) is 28.1 Å². The largest absolute Gasteiger partial charge is 0.396 e. The zero-order chi connectivity index (χ0) is 16.1. The van der Waals surface area contributed by atoms with E-state index in [1.165, 1.54) is 5.56 Å². The van der Waals surface area contributed by atoms with Gasteiger partial charge in [-0.1, -0.05) is 35.9 Å². The number of para-hydroxylation sites is 1. The van der Waals surface area contributed by atoms with Gasteiger partial charge in [0.1, 0.15) is 0 Å². The topological polar surface area (TPSA) is 61.4 Å². The molecule has 0 saturated heterocycles. The van der Waals surface area contributed by atoms with Gasteiger partial charge in [-0.15, -0.1) is 0 Å². The molecule has 0 aromatic heterocycles. The highest BCUT2D eigenvalue weighted by Gasteiger charge is 2.10. The number of aliphatic hydroxyl groups excluding tert-OH is 1. The van der Waals surface area contributed by atoms with Crippen LogP contribution in [-0.2, 0) is 6.42 Å². The molecule has 0 unspecified atom stereocenters. The first-order valence-corrected chi connectivity index (χ1v) is 7.36. The maximum Gasteiger partial charge on any atom is 0.323 e. The summed E-state index contributed by atoms with van der Waals surface area (Å²) in [6, 6.07) is 11.3. The Morgan fingerprint density at radius 3 is 2.32 bits per heavy atom. The minimum Gasteiger partial charge on any atom is -0.396 e. The third-order valence-corrected chi connectivity index (χ3v) is 3.56. The van der Waals surface area contributed by atoms with E-state index in [2.05, 4.69) is 10.6 Å². The Morgan fingerprint density at radius 2 is 1.68 bits per heavy atom. The first-order valence-electron chi connectivity index (χ1n) is 7.36. The van der Waals surface area contributed by atoms with Crippen LogP contribution >= 0.6 is 0 Å². The number of rotatable bonds is 4. The summed E-state index contributed by atoms with van der Waals surface area (Å²) in [5.41, 5.74) is 5.72. The van der Waals surface area contributed by atoms with E-state index in [1.807, 2.05) is 57.2 Å². The highest BCUT2D eigenvalue weighted by molar-refractivity contribution is 6.01. The van der Waals surface area contributed by atoms with Crippen LogP contribution in [0.4, 0.5) is 16.2 Å². The normalized spacial score (nSPS) is 10.4. The summed E-state index contributed by atoms with van der Waals surface area (Å²) in [4.78, 5) is 12.2. The van der Waals surface area contributed by atoms with Crippen LogP contribution in [0.2, 0.25) is 0 Å². The number of urea groups is 1. The fourth-order valence-corrected chi connectivity index (χ4v) is 2.62. The summed E-state index contributed by atoms with van der Waals surface area (Å²) in [6.07, 6.45) is 0.513. The maximum atomic E-state index is 12.2. The Labute approximate surface area is 131 Å². The number of benzene rings is 2. The summed E-state index contributed by atoms with van der Waals surface area (Å²) in [6.45, 7) is 6.05. The lowest BCUT2D eigenvalue weighted by atomic mass is 10.1. The number of aliphatic hydroxyl groups is 1. The van der Waals surface area contributed by atoms with Crippen molar-refractivity contribution in [1.82, 2.24) is 0 Å². The van der Waals surface area contributed by atoms with Gasteiger partial charge >= 0.3 is 6.03 Å². The van der Waals surface area contributed by atoms with Gasteiger partial charge in [0.05, 0.1) is 0 Å². The van der Waals surface area contributed by atoms with Gasteiger partial charge in [0.15, 0.2) is 0 Å². The van der Waals surface area contributed by atoms with Crippen LogP contribution in [-0.4, -0.2) is 17.7 Å². The van der Waals surface area contributed by atoms with Crippen LogP contribution in [0.15, 0.2) is 36.4 Å². The van der Waals surface area contributed by atoms with Gasteiger partial charge in [-0.3, -0.25) is 0 Å². The van der Waals surface area contributed by atoms with E-state index in [4.69, 9.17) is 5.11 Å². The smallest absolute Gasteiger partial charge is 0.323 e. The van der Waals surface area contributed by atoms with E-state index < -0.39 is 0 Å². The van der Waals surface area contributed by atoms with Gasteiger partial charge < -0.3 is 15.7 Å². The predicted molar refractivity (Wildman–Crippen MR) is 90.5 cm³/mol. The van der Waals surface area contributed by atoms with Gasteiger partial charge in [0.2, 0.25) is 0 Å². The number of anilines is 2. The SMILES string of the molecule is Cc1cc(C)c(NC(=O)Nc2ccccc2CCO)c(C)c1. The molecule has 0 heterocycles. The second kappa shape index (κ2) is 7.09. The van der Waals surface area contributed by atoms with Gasteiger partial charge in [-0.25, -0.2) is 4.79 Å². The Hall–Kier alpha value is -2.33. The van der Waals surface area contributed by atoms with Crippen molar-refractivity contribution in [3.63, 3.8) is 0 Å². The molecule has 3 N–H and O–H groups in total. The molecule has 0 radical (unpaired) electrons. The zero-order valence-electron chi connectivity index (χ0n) is 13.2. The molecule has 0 spiro atoms. The Balaban J connectivity index is 2.14. The van der Waals surface area contributed by atoms with E-state index in [-0.39, 0.29) is 12.6 Å². The van der Waals surface area contributed by atoms with Crippen molar-refractivity contribution in [3.05, 3.63) is 58.7 Å². The summed E-state index contributed by atoms with van der Waals surface area (Å²) in [5.74, 6) is 0. The van der Waals surface area contributed by atoms with Crippen molar-refractivity contribution in [3.8, 4) is 0 Å². The van der Waals surface area contributed by atoms with E-state index in [0.29, 0.717) is 6.42 Å². The molecule has 0 bridgehead atoms. The Morgan fingerprint density at radius 1 is 1.05 bits per heavy atom. The zero-order valence-corrected chi connectivity index (χ0v) is 13.2. The summed E-state index contributed by atoms with van der Waals surface area (Å²) in [7, 11) is 0. The molecule has 0 aliphatic heterocycles. The third kappa shape index (κ3) is 3.86. The highest BCUT2D eigenvalue weighted by Crippen LogP contribution is 2.22. The van der Waals surface area contributed by atoms with Crippen molar-refractivity contribution in [2.75, 3.05) is 17.2 Å². The first-order chi connectivity index (χ1) is 10.5. The van der Waals surface area contributed by atoms with Gasteiger partial charge in [-0.05, 0) is 49.9 Å². The lowest BCUT2D eigenvalue weighted by Crippen LogP contribution is -2.21. The molecular weight excluding hydrogens is 276 g/mol. The highest BCUT2D eigenvalue weighted by atomic mass is 16.3. The maximum absolute atomic E-state index is 12.2. The fraction of sp³-hybridized carbons (Fsp3) is 0.278. The number of aryl methyl sites for hydroxylation is 3. The minimum atomic E-state index is -0.277. The van der Waals surface area contributed by atoms with E-state index >= 15 is 0 Å². The van der Waals surface area contributed by atoms with Crippen molar-refractivity contribution >= 4 is 17.4 Å². The average molecular weight is 298 g/mol. The lowest BCUT2D eigenvalue weighted by Gasteiger charge is -2.15. The van der Waals surface area contributed by atoms with Crippen LogP contribution < -0.4 is 10.6 Å². The molecule has 2 aromatic rings. The molecule has 0 atom stereocenters. The van der Waals surface area contributed by atoms with Gasteiger partial charge in [-0.2, -0.15) is 0 Å². The number of carbonyl (C=O) groups is 1. The monoisotopic (exact) mass is 298 g/mol. The van der Waals surface area contributed by atoms with Gasteiger partial charge in [0, 0.05) is 18.0 Å². The quantitative estimate of drug-likeness (QED) is 0.804. The van der Waals surface area contributed by atoms with Gasteiger partial charge in [0.25, 0.3) is 0 Å². The number of hydrogen-bond acceptors (Lipinski definition) is 2. The summed E-state index contributed by atoms with van der Waals surface area (Å²) >= 11 is 0. The molecular formula is C18H22N2O2. The number of carbonyl (C=O) groups excluding carboxylic acids is 1.